The molecule has 2 aromatic rings. The third kappa shape index (κ3) is 3.22. The fraction of sp³-hybridized carbons (Fsp3) is 0.0833. The Morgan fingerprint density at radius 1 is 1.42 bits per heavy atom. The smallest absolute Gasteiger partial charge is 0.292 e. The normalized spacial score (nSPS) is 9.89. The van der Waals surface area contributed by atoms with Crippen LogP contribution in [-0.4, -0.2) is 4.92 Å². The largest absolute Gasteiger partial charge is 0.375 e. The molecule has 0 radical (unpaired) electrons. The number of thiophene rings is 1. The maximum Gasteiger partial charge on any atom is 0.292 e. The van der Waals surface area contributed by atoms with Crippen molar-refractivity contribution in [1.29, 1.82) is 5.26 Å². The van der Waals surface area contributed by atoms with E-state index in [1.54, 1.807) is 6.07 Å². The highest BCUT2D eigenvalue weighted by Gasteiger charge is 2.14. The van der Waals surface area contributed by atoms with Crippen molar-refractivity contribution in [3.8, 4) is 6.07 Å². The molecule has 0 saturated carbocycles. The number of nitro benzene ring substituents is 1. The Morgan fingerprint density at radius 2 is 2.21 bits per heavy atom. The summed E-state index contributed by atoms with van der Waals surface area (Å²) in [4.78, 5) is 11.4. The van der Waals surface area contributed by atoms with Crippen molar-refractivity contribution < 1.29 is 4.92 Å². The highest BCUT2D eigenvalue weighted by molar-refractivity contribution is 7.16. The van der Waals surface area contributed by atoms with Crippen molar-refractivity contribution in [2.75, 3.05) is 5.32 Å². The fourth-order valence-corrected chi connectivity index (χ4v) is 2.56. The number of hydrogen-bond donors (Lipinski definition) is 1. The second kappa shape index (κ2) is 5.69. The van der Waals surface area contributed by atoms with E-state index in [2.05, 4.69) is 5.32 Å². The predicted octanol–water partition coefficient (Wildman–Crippen LogP) is 3.79. The molecular weight excluding hydrogens is 286 g/mol. The van der Waals surface area contributed by atoms with Gasteiger partial charge in [0.05, 0.1) is 20.9 Å². The molecule has 1 aromatic carbocycles. The number of nitrogens with zero attached hydrogens (tertiary/aromatic N) is 2. The maximum atomic E-state index is 10.9. The number of nitro groups is 1. The van der Waals surface area contributed by atoms with Crippen LogP contribution in [0.15, 0.2) is 30.3 Å². The number of nitrogens with one attached hydrogen (secondary N) is 1. The Morgan fingerprint density at radius 3 is 2.79 bits per heavy atom. The lowest BCUT2D eigenvalue weighted by atomic mass is 10.2. The monoisotopic (exact) mass is 293 g/mol. The second-order valence-electron chi connectivity index (χ2n) is 3.66. The Hall–Kier alpha value is -2.10. The molecule has 0 saturated heterocycles. The molecule has 0 unspecified atom stereocenters. The van der Waals surface area contributed by atoms with E-state index < -0.39 is 4.92 Å². The third-order valence-corrected chi connectivity index (χ3v) is 3.64. The van der Waals surface area contributed by atoms with E-state index in [1.165, 1.54) is 29.5 Å². The molecule has 0 aliphatic heterocycles. The van der Waals surface area contributed by atoms with Crippen LogP contribution in [0.2, 0.25) is 4.34 Å². The van der Waals surface area contributed by atoms with E-state index in [1.807, 2.05) is 12.1 Å². The molecule has 0 spiro atoms. The lowest BCUT2D eigenvalue weighted by molar-refractivity contribution is -0.384. The summed E-state index contributed by atoms with van der Waals surface area (Å²) in [5, 5.41) is 22.7. The van der Waals surface area contributed by atoms with Gasteiger partial charge in [-0.1, -0.05) is 11.6 Å². The number of nitriles is 1. The standard InChI is InChI=1S/C12H8ClN3O2S/c13-12-4-2-9(19-12)7-15-10-5-8(6-14)1-3-11(10)16(17)18/h1-5,15H,7H2. The highest BCUT2D eigenvalue weighted by atomic mass is 35.5. The van der Waals surface area contributed by atoms with E-state index >= 15 is 0 Å². The fourth-order valence-electron chi connectivity index (χ4n) is 1.54. The Balaban J connectivity index is 2.22. The van der Waals surface area contributed by atoms with Crippen LogP contribution in [0.4, 0.5) is 11.4 Å². The quantitative estimate of drug-likeness (QED) is 0.687. The Kier molecular flexibility index (Phi) is 4.00. The van der Waals surface area contributed by atoms with Gasteiger partial charge in [-0.2, -0.15) is 5.26 Å². The van der Waals surface area contributed by atoms with Crippen LogP contribution in [-0.2, 0) is 6.54 Å². The topological polar surface area (TPSA) is 79.0 Å². The number of rotatable bonds is 4. The lowest BCUT2D eigenvalue weighted by Gasteiger charge is -2.06. The summed E-state index contributed by atoms with van der Waals surface area (Å²) in [5.41, 5.74) is 0.646. The lowest BCUT2D eigenvalue weighted by Crippen LogP contribution is -2.01. The first kappa shape index (κ1) is 13.3. The number of halogens is 1. The van der Waals surface area contributed by atoms with Gasteiger partial charge in [0.25, 0.3) is 5.69 Å². The van der Waals surface area contributed by atoms with Gasteiger partial charge >= 0.3 is 0 Å². The second-order valence-corrected chi connectivity index (χ2v) is 5.46. The zero-order chi connectivity index (χ0) is 13.8. The molecule has 0 fully saturated rings. The van der Waals surface area contributed by atoms with Gasteiger partial charge in [0.1, 0.15) is 5.69 Å². The van der Waals surface area contributed by atoms with Gasteiger partial charge < -0.3 is 5.32 Å². The summed E-state index contributed by atoms with van der Waals surface area (Å²) in [7, 11) is 0. The third-order valence-electron chi connectivity index (χ3n) is 2.40. The molecule has 2 rings (SSSR count). The zero-order valence-electron chi connectivity index (χ0n) is 9.59. The molecule has 1 N–H and O–H groups in total. The van der Waals surface area contributed by atoms with Crippen LogP contribution in [0.3, 0.4) is 0 Å². The summed E-state index contributed by atoms with van der Waals surface area (Å²) in [6, 6.07) is 9.78. The highest BCUT2D eigenvalue weighted by Crippen LogP contribution is 2.27. The van der Waals surface area contributed by atoms with E-state index in [4.69, 9.17) is 16.9 Å². The van der Waals surface area contributed by atoms with Crippen LogP contribution < -0.4 is 5.32 Å². The molecule has 0 aliphatic carbocycles. The average Bonchev–Trinajstić information content (AvgIpc) is 2.81. The van der Waals surface area contributed by atoms with Crippen LogP contribution >= 0.6 is 22.9 Å². The molecule has 0 bridgehead atoms. The van der Waals surface area contributed by atoms with Crippen LogP contribution in [0.1, 0.15) is 10.4 Å². The minimum absolute atomic E-state index is 0.0540. The van der Waals surface area contributed by atoms with Gasteiger partial charge in [-0.3, -0.25) is 10.1 Å². The van der Waals surface area contributed by atoms with Gasteiger partial charge in [-0.05, 0) is 24.3 Å². The summed E-state index contributed by atoms with van der Waals surface area (Å²) in [5.74, 6) is 0. The van der Waals surface area contributed by atoms with Crippen molar-refractivity contribution in [3.05, 3.63) is 55.2 Å². The van der Waals surface area contributed by atoms with E-state index in [0.29, 0.717) is 22.1 Å². The first-order valence-corrected chi connectivity index (χ1v) is 6.46. The molecule has 1 heterocycles. The van der Waals surface area contributed by atoms with E-state index in [0.717, 1.165) is 4.88 Å². The first-order chi connectivity index (χ1) is 9.10. The number of anilines is 1. The summed E-state index contributed by atoms with van der Waals surface area (Å²) in [6.45, 7) is 0.424. The van der Waals surface area contributed by atoms with E-state index in [-0.39, 0.29) is 5.69 Å². The van der Waals surface area contributed by atoms with E-state index in [9.17, 15) is 10.1 Å². The number of benzene rings is 1. The summed E-state index contributed by atoms with van der Waals surface area (Å²) < 4.78 is 0.664. The molecule has 0 atom stereocenters. The maximum absolute atomic E-state index is 10.9. The van der Waals surface area contributed by atoms with Gasteiger partial charge in [0, 0.05) is 17.5 Å². The molecule has 19 heavy (non-hydrogen) atoms. The Labute approximate surface area is 118 Å². The molecule has 96 valence electrons. The minimum Gasteiger partial charge on any atom is -0.375 e. The van der Waals surface area contributed by atoms with Crippen LogP contribution in [0.25, 0.3) is 0 Å². The molecular formula is C12H8ClN3O2S. The SMILES string of the molecule is N#Cc1ccc([N+](=O)[O-])c(NCc2ccc(Cl)s2)c1. The molecule has 1 aromatic heterocycles. The van der Waals surface area contributed by atoms with Gasteiger partial charge in [-0.25, -0.2) is 0 Å². The predicted molar refractivity (Wildman–Crippen MR) is 74.5 cm³/mol. The van der Waals surface area contributed by atoms with Crippen molar-refractivity contribution in [1.82, 2.24) is 0 Å². The van der Waals surface area contributed by atoms with Gasteiger partial charge in [-0.15, -0.1) is 11.3 Å². The van der Waals surface area contributed by atoms with Crippen LogP contribution in [0.5, 0.6) is 0 Å². The summed E-state index contributed by atoms with van der Waals surface area (Å²) in [6.07, 6.45) is 0. The van der Waals surface area contributed by atoms with Gasteiger partial charge in [0.15, 0.2) is 0 Å². The summed E-state index contributed by atoms with van der Waals surface area (Å²) >= 11 is 7.21. The van der Waals surface area contributed by atoms with Gasteiger partial charge in [0.2, 0.25) is 0 Å². The molecule has 7 heteroatoms. The van der Waals surface area contributed by atoms with Crippen LogP contribution in [0, 0.1) is 21.4 Å². The van der Waals surface area contributed by atoms with Crippen molar-refractivity contribution >= 4 is 34.3 Å². The minimum atomic E-state index is -0.481. The van der Waals surface area contributed by atoms with Crippen molar-refractivity contribution in [2.45, 2.75) is 6.54 Å². The average molecular weight is 294 g/mol. The van der Waals surface area contributed by atoms with Crippen molar-refractivity contribution in [2.24, 2.45) is 0 Å². The molecule has 0 aliphatic rings. The number of hydrogen-bond acceptors (Lipinski definition) is 5. The first-order valence-electron chi connectivity index (χ1n) is 5.27. The Bertz CT molecular complexity index is 663. The molecule has 0 amide bonds. The molecule has 5 nitrogen and oxygen atoms in total. The van der Waals surface area contributed by atoms with Crippen molar-refractivity contribution in [3.63, 3.8) is 0 Å². The zero-order valence-corrected chi connectivity index (χ0v) is 11.2.